The summed E-state index contributed by atoms with van der Waals surface area (Å²) < 4.78 is 5.11. The molecule has 0 aliphatic carbocycles. The fourth-order valence-electron chi connectivity index (χ4n) is 2.73. The van der Waals surface area contributed by atoms with E-state index in [1.807, 2.05) is 21.0 Å². The number of hydrogen-bond acceptors (Lipinski definition) is 8. The highest BCUT2D eigenvalue weighted by Gasteiger charge is 2.29. The van der Waals surface area contributed by atoms with Crippen molar-refractivity contribution in [2.45, 2.75) is 32.7 Å². The lowest BCUT2D eigenvalue weighted by molar-refractivity contribution is -0.149. The van der Waals surface area contributed by atoms with Gasteiger partial charge < -0.3 is 15.4 Å². The average molecular weight is 322 g/mol. The van der Waals surface area contributed by atoms with Gasteiger partial charge in [0.15, 0.2) is 5.82 Å². The first-order chi connectivity index (χ1) is 10.9. The molecule has 0 radical (unpaired) electrons. The molecule has 8 nitrogen and oxygen atoms in total. The Morgan fingerprint density at radius 3 is 2.57 bits per heavy atom. The maximum absolute atomic E-state index is 11.8. The highest BCUT2D eigenvalue weighted by molar-refractivity contribution is 5.72. The van der Waals surface area contributed by atoms with E-state index in [1.165, 1.54) is 0 Å². The number of esters is 1. The van der Waals surface area contributed by atoms with Gasteiger partial charge in [-0.3, -0.25) is 9.69 Å². The van der Waals surface area contributed by atoms with Crippen LogP contribution < -0.4 is 10.6 Å². The molecular weight excluding hydrogens is 296 g/mol. The van der Waals surface area contributed by atoms with Crippen LogP contribution in [0.2, 0.25) is 0 Å². The molecule has 2 heterocycles. The molecule has 0 aromatic carbocycles. The third-order valence-corrected chi connectivity index (χ3v) is 4.13. The first kappa shape index (κ1) is 17.4. The highest BCUT2D eigenvalue weighted by Crippen LogP contribution is 2.26. The average Bonchev–Trinajstić information content (AvgIpc) is 2.54. The first-order valence-corrected chi connectivity index (χ1v) is 8.01. The smallest absolute Gasteiger partial charge is 0.309 e. The molecule has 1 fully saturated rings. The third-order valence-electron chi connectivity index (χ3n) is 4.13. The van der Waals surface area contributed by atoms with Crippen molar-refractivity contribution in [1.29, 1.82) is 0 Å². The second-order valence-electron chi connectivity index (χ2n) is 5.98. The summed E-state index contributed by atoms with van der Waals surface area (Å²) in [4.78, 5) is 28.8. The number of nitrogens with zero attached hydrogens (tertiary/aromatic N) is 5. The van der Waals surface area contributed by atoms with Crippen molar-refractivity contribution in [3.63, 3.8) is 0 Å². The maximum Gasteiger partial charge on any atom is 0.309 e. The summed E-state index contributed by atoms with van der Waals surface area (Å²) in [7, 11) is 3.74. The Hall–Kier alpha value is -1.96. The minimum atomic E-state index is -0.0842. The van der Waals surface area contributed by atoms with Crippen molar-refractivity contribution in [1.82, 2.24) is 19.9 Å². The van der Waals surface area contributed by atoms with Gasteiger partial charge in [-0.25, -0.2) is 0 Å². The van der Waals surface area contributed by atoms with Crippen LogP contribution in [0.25, 0.3) is 0 Å². The van der Waals surface area contributed by atoms with Crippen LogP contribution in [0.3, 0.4) is 0 Å². The van der Waals surface area contributed by atoms with Gasteiger partial charge in [-0.05, 0) is 39.8 Å². The van der Waals surface area contributed by atoms with Crippen LogP contribution in [0.4, 0.5) is 11.9 Å². The SMILES string of the molecule is CCOC(=O)C1CCN([C@H](C)c2nc(N)nc(N(C)C)n2)CC1. The molecule has 1 atom stereocenters. The number of carbonyl (C=O) groups excluding carboxylic acids is 1. The molecule has 8 heteroatoms. The Labute approximate surface area is 137 Å². The van der Waals surface area contributed by atoms with Crippen LogP contribution in [-0.2, 0) is 9.53 Å². The molecular formula is C15H26N6O2. The number of anilines is 2. The van der Waals surface area contributed by atoms with E-state index in [9.17, 15) is 4.79 Å². The topological polar surface area (TPSA) is 97.5 Å². The molecule has 1 aromatic heterocycles. The predicted octanol–water partition coefficient (Wildman–Crippen LogP) is 0.856. The van der Waals surface area contributed by atoms with Crippen molar-refractivity contribution < 1.29 is 9.53 Å². The molecule has 0 bridgehead atoms. The molecule has 0 saturated carbocycles. The van der Waals surface area contributed by atoms with E-state index >= 15 is 0 Å². The molecule has 0 spiro atoms. The zero-order valence-electron chi connectivity index (χ0n) is 14.3. The number of piperidine rings is 1. The van der Waals surface area contributed by atoms with E-state index < -0.39 is 0 Å². The van der Waals surface area contributed by atoms with Gasteiger partial charge in [0.2, 0.25) is 11.9 Å². The highest BCUT2D eigenvalue weighted by atomic mass is 16.5. The largest absolute Gasteiger partial charge is 0.466 e. The molecule has 1 aliphatic heterocycles. The van der Waals surface area contributed by atoms with Crippen LogP contribution in [0, 0.1) is 5.92 Å². The summed E-state index contributed by atoms with van der Waals surface area (Å²) in [6, 6.07) is 0.0298. The zero-order chi connectivity index (χ0) is 17.0. The predicted molar refractivity (Wildman–Crippen MR) is 87.9 cm³/mol. The Kier molecular flexibility index (Phi) is 5.70. The van der Waals surface area contributed by atoms with Crippen LogP contribution in [0.5, 0.6) is 0 Å². The van der Waals surface area contributed by atoms with Gasteiger partial charge in [0, 0.05) is 14.1 Å². The first-order valence-electron chi connectivity index (χ1n) is 8.01. The normalized spacial score (nSPS) is 17.7. The minimum absolute atomic E-state index is 0.000774. The summed E-state index contributed by atoms with van der Waals surface area (Å²) in [6.07, 6.45) is 1.59. The van der Waals surface area contributed by atoms with Crippen LogP contribution in [0.15, 0.2) is 0 Å². The second kappa shape index (κ2) is 7.54. The summed E-state index contributed by atoms with van der Waals surface area (Å²) in [5.41, 5.74) is 5.79. The number of hydrogen-bond donors (Lipinski definition) is 1. The van der Waals surface area contributed by atoms with Gasteiger partial charge in [-0.2, -0.15) is 15.0 Å². The van der Waals surface area contributed by atoms with Crippen LogP contribution in [-0.4, -0.2) is 59.6 Å². The molecule has 128 valence electrons. The molecule has 2 N–H and O–H groups in total. The number of aromatic nitrogens is 3. The number of rotatable bonds is 5. The number of nitrogens with two attached hydrogens (primary N) is 1. The van der Waals surface area contributed by atoms with Crippen LogP contribution >= 0.6 is 0 Å². The Bertz CT molecular complexity index is 543. The van der Waals surface area contributed by atoms with Crippen molar-refractivity contribution in [2.75, 3.05) is 44.4 Å². The lowest BCUT2D eigenvalue weighted by Gasteiger charge is -2.34. The molecule has 1 aromatic rings. The summed E-state index contributed by atoms with van der Waals surface area (Å²) in [5.74, 6) is 1.36. The van der Waals surface area contributed by atoms with Crippen molar-refractivity contribution in [3.8, 4) is 0 Å². The van der Waals surface area contributed by atoms with Gasteiger partial charge in [-0.1, -0.05) is 0 Å². The number of ether oxygens (including phenoxy) is 1. The number of nitrogen functional groups attached to an aromatic ring is 1. The van der Waals surface area contributed by atoms with Gasteiger partial charge in [0.25, 0.3) is 0 Å². The molecule has 0 unspecified atom stereocenters. The molecule has 1 saturated heterocycles. The second-order valence-corrected chi connectivity index (χ2v) is 5.98. The van der Waals surface area contributed by atoms with Gasteiger partial charge in [-0.15, -0.1) is 0 Å². The van der Waals surface area contributed by atoms with Crippen molar-refractivity contribution >= 4 is 17.9 Å². The third kappa shape index (κ3) is 4.28. The number of likely N-dealkylation sites (tertiary alicyclic amines) is 1. The van der Waals surface area contributed by atoms with Crippen molar-refractivity contribution in [3.05, 3.63) is 5.82 Å². The van der Waals surface area contributed by atoms with E-state index in [4.69, 9.17) is 10.5 Å². The van der Waals surface area contributed by atoms with Crippen LogP contribution in [0.1, 0.15) is 38.6 Å². The van der Waals surface area contributed by atoms with E-state index in [2.05, 4.69) is 26.8 Å². The Balaban J connectivity index is 2.02. The monoisotopic (exact) mass is 322 g/mol. The Morgan fingerprint density at radius 2 is 2.00 bits per heavy atom. The Morgan fingerprint density at radius 1 is 1.35 bits per heavy atom. The van der Waals surface area contributed by atoms with Gasteiger partial charge in [0.05, 0.1) is 18.6 Å². The van der Waals surface area contributed by atoms with Gasteiger partial charge >= 0.3 is 5.97 Å². The number of carbonyl (C=O) groups is 1. The lowest BCUT2D eigenvalue weighted by Crippen LogP contribution is -2.39. The summed E-state index contributed by atoms with van der Waals surface area (Å²) in [6.45, 7) is 5.95. The van der Waals surface area contributed by atoms with Crippen molar-refractivity contribution in [2.24, 2.45) is 5.92 Å². The fourth-order valence-corrected chi connectivity index (χ4v) is 2.73. The zero-order valence-corrected chi connectivity index (χ0v) is 14.3. The molecule has 2 rings (SSSR count). The van der Waals surface area contributed by atoms with E-state index in [0.29, 0.717) is 18.4 Å². The van der Waals surface area contributed by atoms with Gasteiger partial charge in [0.1, 0.15) is 0 Å². The standard InChI is InChI=1S/C15H26N6O2/c1-5-23-13(22)11-6-8-21(9-7-11)10(2)12-17-14(16)19-15(18-12)20(3)4/h10-11H,5-9H2,1-4H3,(H2,16,17,18,19)/t10-/m1/s1. The molecule has 23 heavy (non-hydrogen) atoms. The lowest BCUT2D eigenvalue weighted by atomic mass is 9.96. The fraction of sp³-hybridized carbons (Fsp3) is 0.733. The van der Waals surface area contributed by atoms with E-state index in [1.54, 1.807) is 4.90 Å². The quantitative estimate of drug-likeness (QED) is 0.797. The minimum Gasteiger partial charge on any atom is -0.466 e. The maximum atomic E-state index is 11.8. The molecule has 0 amide bonds. The molecule has 1 aliphatic rings. The van der Waals surface area contributed by atoms with E-state index in [-0.39, 0.29) is 23.9 Å². The summed E-state index contributed by atoms with van der Waals surface area (Å²) >= 11 is 0. The summed E-state index contributed by atoms with van der Waals surface area (Å²) in [5, 5.41) is 0. The van der Waals surface area contributed by atoms with E-state index in [0.717, 1.165) is 25.9 Å².